The van der Waals surface area contributed by atoms with Crippen LogP contribution >= 0.6 is 0 Å². The lowest BCUT2D eigenvalue weighted by Gasteiger charge is -2.30. The molecule has 2 N–H and O–H groups in total. The molecule has 1 aliphatic rings. The van der Waals surface area contributed by atoms with Crippen molar-refractivity contribution >= 4 is 12.0 Å². The summed E-state index contributed by atoms with van der Waals surface area (Å²) in [5.41, 5.74) is 0. The van der Waals surface area contributed by atoms with Crippen LogP contribution in [0.5, 0.6) is 0 Å². The minimum Gasteiger partial charge on any atom is -0.481 e. The van der Waals surface area contributed by atoms with Crippen LogP contribution in [0.3, 0.4) is 0 Å². The molecule has 1 rings (SSSR count). The molecule has 0 aliphatic heterocycles. The number of nitrogens with one attached hydrogen (secondary N) is 1. The second-order valence-electron chi connectivity index (χ2n) is 5.38. The number of aliphatic carboxylic acids is 1. The van der Waals surface area contributed by atoms with E-state index in [9.17, 15) is 22.8 Å². The fraction of sp³-hybridized carbons (Fsp3) is 0.846. The van der Waals surface area contributed by atoms with Crippen LogP contribution in [-0.4, -0.2) is 47.3 Å². The average Bonchev–Trinajstić information content (AvgIpc) is 2.37. The highest BCUT2D eigenvalue weighted by atomic mass is 19.4. The third kappa shape index (κ3) is 6.22. The lowest BCUT2D eigenvalue weighted by Crippen LogP contribution is -2.49. The molecule has 0 aromatic heterocycles. The molecule has 1 aliphatic carbocycles. The fourth-order valence-corrected chi connectivity index (χ4v) is 2.55. The zero-order valence-electron chi connectivity index (χ0n) is 11.9. The van der Waals surface area contributed by atoms with Gasteiger partial charge in [-0.2, -0.15) is 13.2 Å². The molecule has 0 bridgehead atoms. The molecule has 0 spiro atoms. The van der Waals surface area contributed by atoms with Crippen LogP contribution < -0.4 is 5.32 Å². The Bertz CT molecular complexity index is 374. The number of amides is 2. The third-order valence-corrected chi connectivity index (χ3v) is 3.50. The number of alkyl halides is 3. The van der Waals surface area contributed by atoms with Crippen LogP contribution in [0.2, 0.25) is 0 Å². The van der Waals surface area contributed by atoms with E-state index in [1.54, 1.807) is 6.92 Å². The van der Waals surface area contributed by atoms with Crippen molar-refractivity contribution in [2.24, 2.45) is 5.92 Å². The minimum atomic E-state index is -4.44. The maximum Gasteiger partial charge on any atom is 0.406 e. The molecule has 1 saturated carbocycles. The van der Waals surface area contributed by atoms with Crippen LogP contribution in [0.15, 0.2) is 0 Å². The summed E-state index contributed by atoms with van der Waals surface area (Å²) in [6.07, 6.45) is -1.96. The van der Waals surface area contributed by atoms with Crippen molar-refractivity contribution in [1.82, 2.24) is 10.2 Å². The van der Waals surface area contributed by atoms with Crippen molar-refractivity contribution in [3.05, 3.63) is 0 Å². The molecule has 0 aromatic carbocycles. The van der Waals surface area contributed by atoms with E-state index in [2.05, 4.69) is 5.32 Å². The first-order chi connectivity index (χ1) is 9.73. The van der Waals surface area contributed by atoms with Gasteiger partial charge in [0.1, 0.15) is 6.54 Å². The number of carboxylic acids is 1. The highest BCUT2D eigenvalue weighted by molar-refractivity contribution is 5.75. The van der Waals surface area contributed by atoms with Crippen LogP contribution in [0.4, 0.5) is 18.0 Å². The highest BCUT2D eigenvalue weighted by Crippen LogP contribution is 2.25. The van der Waals surface area contributed by atoms with Crippen LogP contribution in [0.25, 0.3) is 0 Å². The number of rotatable bonds is 5. The molecule has 0 radical (unpaired) electrons. The van der Waals surface area contributed by atoms with Crippen LogP contribution in [-0.2, 0) is 4.79 Å². The Balaban J connectivity index is 2.57. The van der Waals surface area contributed by atoms with E-state index < -0.39 is 30.6 Å². The second kappa shape index (κ2) is 7.51. The van der Waals surface area contributed by atoms with Gasteiger partial charge in [-0.05, 0) is 25.7 Å². The molecule has 0 aromatic rings. The molecule has 1 fully saturated rings. The van der Waals surface area contributed by atoms with Crippen molar-refractivity contribution in [2.45, 2.75) is 51.2 Å². The van der Waals surface area contributed by atoms with Crippen LogP contribution in [0.1, 0.15) is 39.0 Å². The fourth-order valence-electron chi connectivity index (χ4n) is 2.55. The zero-order valence-corrected chi connectivity index (χ0v) is 11.9. The van der Waals surface area contributed by atoms with Gasteiger partial charge in [-0.15, -0.1) is 0 Å². The molecule has 122 valence electrons. The van der Waals surface area contributed by atoms with Gasteiger partial charge in [-0.1, -0.05) is 13.3 Å². The Kier molecular flexibility index (Phi) is 6.29. The molecule has 8 heteroatoms. The van der Waals surface area contributed by atoms with Gasteiger partial charge in [0.05, 0.1) is 5.92 Å². The topological polar surface area (TPSA) is 69.6 Å². The number of hydrogen-bond donors (Lipinski definition) is 2. The van der Waals surface area contributed by atoms with Crippen molar-refractivity contribution in [2.75, 3.05) is 13.1 Å². The summed E-state index contributed by atoms with van der Waals surface area (Å²) in [5.74, 6) is -1.46. The van der Waals surface area contributed by atoms with E-state index in [4.69, 9.17) is 5.11 Å². The molecule has 0 heterocycles. The normalized spacial score (nSPS) is 22.7. The summed E-state index contributed by atoms with van der Waals surface area (Å²) in [6, 6.07) is -1.15. The number of carbonyl (C=O) groups is 2. The van der Waals surface area contributed by atoms with E-state index in [1.165, 1.54) is 0 Å². The summed E-state index contributed by atoms with van der Waals surface area (Å²) < 4.78 is 37.3. The molecule has 2 atom stereocenters. The van der Waals surface area contributed by atoms with Gasteiger partial charge < -0.3 is 15.3 Å². The SMILES string of the molecule is CCCN(CC(F)(F)F)C(=O)NC1CCCC(C(=O)O)C1. The number of halogens is 3. The Hall–Kier alpha value is -1.47. The Morgan fingerprint density at radius 3 is 2.52 bits per heavy atom. The largest absolute Gasteiger partial charge is 0.481 e. The zero-order chi connectivity index (χ0) is 16.0. The van der Waals surface area contributed by atoms with Gasteiger partial charge in [-0.3, -0.25) is 4.79 Å². The summed E-state index contributed by atoms with van der Waals surface area (Å²) in [5, 5.41) is 11.5. The summed E-state index contributed by atoms with van der Waals surface area (Å²) in [4.78, 5) is 23.6. The number of nitrogens with zero attached hydrogens (tertiary/aromatic N) is 1. The Morgan fingerprint density at radius 2 is 2.00 bits per heavy atom. The first-order valence-electron chi connectivity index (χ1n) is 7.08. The van der Waals surface area contributed by atoms with Gasteiger partial charge in [0.2, 0.25) is 0 Å². The van der Waals surface area contributed by atoms with E-state index in [0.717, 1.165) is 4.90 Å². The van der Waals surface area contributed by atoms with Gasteiger partial charge in [0.25, 0.3) is 0 Å². The van der Waals surface area contributed by atoms with Gasteiger partial charge in [0, 0.05) is 12.6 Å². The summed E-state index contributed by atoms with van der Waals surface area (Å²) >= 11 is 0. The highest BCUT2D eigenvalue weighted by Gasteiger charge is 2.34. The van der Waals surface area contributed by atoms with Crippen molar-refractivity contribution in [3.8, 4) is 0 Å². The molecule has 0 saturated heterocycles. The number of hydrogen-bond acceptors (Lipinski definition) is 2. The van der Waals surface area contributed by atoms with Crippen LogP contribution in [0, 0.1) is 5.92 Å². The van der Waals surface area contributed by atoms with E-state index in [0.29, 0.717) is 25.7 Å². The second-order valence-corrected chi connectivity index (χ2v) is 5.38. The van der Waals surface area contributed by atoms with Crippen molar-refractivity contribution in [1.29, 1.82) is 0 Å². The number of carboxylic acid groups (broad SMARTS) is 1. The first-order valence-corrected chi connectivity index (χ1v) is 7.08. The average molecular weight is 310 g/mol. The lowest BCUT2D eigenvalue weighted by molar-refractivity contribution is -0.143. The van der Waals surface area contributed by atoms with Crippen molar-refractivity contribution < 1.29 is 27.9 Å². The standard InChI is InChI=1S/C13H21F3N2O3/c1-2-6-18(8-13(14,15)16)12(21)17-10-5-3-4-9(7-10)11(19)20/h9-10H,2-8H2,1H3,(H,17,21)(H,19,20). The molecule has 5 nitrogen and oxygen atoms in total. The predicted octanol–water partition coefficient (Wildman–Crippen LogP) is 2.61. The molecular formula is C13H21F3N2O3. The summed E-state index contributed by atoms with van der Waals surface area (Å²) in [7, 11) is 0. The molecular weight excluding hydrogens is 289 g/mol. The molecule has 2 amide bonds. The third-order valence-electron chi connectivity index (χ3n) is 3.50. The first kappa shape index (κ1) is 17.6. The van der Waals surface area contributed by atoms with E-state index >= 15 is 0 Å². The Labute approximate surface area is 121 Å². The molecule has 21 heavy (non-hydrogen) atoms. The lowest BCUT2D eigenvalue weighted by atomic mass is 9.86. The molecule has 2 unspecified atom stereocenters. The van der Waals surface area contributed by atoms with Crippen molar-refractivity contribution in [3.63, 3.8) is 0 Å². The maximum absolute atomic E-state index is 12.4. The van der Waals surface area contributed by atoms with Gasteiger partial charge >= 0.3 is 18.2 Å². The van der Waals surface area contributed by atoms with Gasteiger partial charge in [0.15, 0.2) is 0 Å². The smallest absolute Gasteiger partial charge is 0.406 e. The van der Waals surface area contributed by atoms with E-state index in [-0.39, 0.29) is 19.0 Å². The quantitative estimate of drug-likeness (QED) is 0.820. The maximum atomic E-state index is 12.4. The number of urea groups is 1. The predicted molar refractivity (Wildman–Crippen MR) is 69.8 cm³/mol. The Morgan fingerprint density at radius 1 is 1.33 bits per heavy atom. The summed E-state index contributed by atoms with van der Waals surface area (Å²) in [6.45, 7) is 0.417. The monoisotopic (exact) mass is 310 g/mol. The minimum absolute atomic E-state index is 0.0143. The number of carbonyl (C=O) groups excluding carboxylic acids is 1. The van der Waals surface area contributed by atoms with Gasteiger partial charge in [-0.25, -0.2) is 4.79 Å². The van der Waals surface area contributed by atoms with E-state index in [1.807, 2.05) is 0 Å².